The fraction of sp³-hybridized carbons (Fsp3) is 0.480. The summed E-state index contributed by atoms with van der Waals surface area (Å²) in [5.74, 6) is 2.12. The highest BCUT2D eigenvalue weighted by Crippen LogP contribution is 2.37. The Balaban J connectivity index is 2.37. The summed E-state index contributed by atoms with van der Waals surface area (Å²) in [6, 6.07) is 13.8. The number of rotatable bonds is 8. The van der Waals surface area contributed by atoms with Crippen molar-refractivity contribution >= 4 is 0 Å². The Bertz CT molecular complexity index is 629. The van der Waals surface area contributed by atoms with Crippen molar-refractivity contribution in [1.29, 1.82) is 0 Å². The number of aryl methyl sites for hydroxylation is 4. The number of benzene rings is 2. The molecule has 0 saturated heterocycles. The summed E-state index contributed by atoms with van der Waals surface area (Å²) in [5.41, 5.74) is 8.35. The number of unbranched alkanes of at least 4 members (excludes halogenated alkanes) is 3. The van der Waals surface area contributed by atoms with Gasteiger partial charge in [0, 0.05) is 5.92 Å². The number of hydrogen-bond donors (Lipinski definition) is 0. The standard InChI is InChI=1S/C25H35/c1-7-8-9-10-11-20(4)25(23-14-12-18(2)16-21(23)5)24-15-13-19(3)17-22(24)6/h12-17,20H,7-11H2,1-6H3. The van der Waals surface area contributed by atoms with Crippen molar-refractivity contribution in [2.75, 3.05) is 0 Å². The van der Waals surface area contributed by atoms with Gasteiger partial charge in [0.15, 0.2) is 0 Å². The lowest BCUT2D eigenvalue weighted by molar-refractivity contribution is 0.519. The molecule has 0 N–H and O–H groups in total. The van der Waals surface area contributed by atoms with Crippen molar-refractivity contribution < 1.29 is 0 Å². The van der Waals surface area contributed by atoms with Crippen molar-refractivity contribution in [3.05, 3.63) is 75.7 Å². The minimum atomic E-state index is 0.583. The van der Waals surface area contributed by atoms with Crippen LogP contribution in [0.3, 0.4) is 0 Å². The summed E-state index contributed by atoms with van der Waals surface area (Å²) in [5, 5.41) is 0. The van der Waals surface area contributed by atoms with Crippen LogP contribution in [0, 0.1) is 39.5 Å². The minimum Gasteiger partial charge on any atom is -0.0654 e. The van der Waals surface area contributed by atoms with E-state index in [2.05, 4.69) is 77.9 Å². The maximum atomic E-state index is 2.42. The third kappa shape index (κ3) is 5.21. The lowest BCUT2D eigenvalue weighted by atomic mass is 9.76. The molecule has 0 bridgehead atoms. The first kappa shape index (κ1) is 19.8. The van der Waals surface area contributed by atoms with E-state index in [9.17, 15) is 0 Å². The largest absolute Gasteiger partial charge is 0.0654 e. The average Bonchev–Trinajstić information content (AvgIpc) is 2.55. The Hall–Kier alpha value is -1.56. The van der Waals surface area contributed by atoms with Gasteiger partial charge in [-0.2, -0.15) is 0 Å². The van der Waals surface area contributed by atoms with Gasteiger partial charge in [0.2, 0.25) is 0 Å². The first-order valence-corrected chi connectivity index (χ1v) is 9.96. The van der Waals surface area contributed by atoms with Gasteiger partial charge in [-0.3, -0.25) is 0 Å². The summed E-state index contributed by atoms with van der Waals surface area (Å²) >= 11 is 0. The van der Waals surface area contributed by atoms with Crippen LogP contribution in [0.2, 0.25) is 0 Å². The molecule has 0 saturated carbocycles. The molecule has 1 unspecified atom stereocenters. The Morgan fingerprint density at radius 2 is 1.28 bits per heavy atom. The number of hydrogen-bond acceptors (Lipinski definition) is 0. The zero-order valence-electron chi connectivity index (χ0n) is 17.1. The van der Waals surface area contributed by atoms with E-state index in [4.69, 9.17) is 0 Å². The molecule has 2 aromatic carbocycles. The molecule has 0 spiro atoms. The zero-order chi connectivity index (χ0) is 18.4. The van der Waals surface area contributed by atoms with Gasteiger partial charge in [0.25, 0.3) is 0 Å². The molecule has 0 aliphatic rings. The van der Waals surface area contributed by atoms with E-state index in [1.165, 1.54) is 71.4 Å². The van der Waals surface area contributed by atoms with Crippen LogP contribution >= 0.6 is 0 Å². The normalized spacial score (nSPS) is 12.6. The van der Waals surface area contributed by atoms with Crippen LogP contribution in [0.5, 0.6) is 0 Å². The smallest absolute Gasteiger partial charge is 0.0373 e. The second-order valence-corrected chi connectivity index (χ2v) is 7.80. The molecule has 0 aliphatic carbocycles. The summed E-state index contributed by atoms with van der Waals surface area (Å²) < 4.78 is 0. The van der Waals surface area contributed by atoms with Gasteiger partial charge >= 0.3 is 0 Å². The highest BCUT2D eigenvalue weighted by Gasteiger charge is 2.25. The van der Waals surface area contributed by atoms with E-state index < -0.39 is 0 Å². The average molecular weight is 336 g/mol. The van der Waals surface area contributed by atoms with Crippen LogP contribution in [0.25, 0.3) is 0 Å². The fourth-order valence-electron chi connectivity index (χ4n) is 3.93. The van der Waals surface area contributed by atoms with Crippen LogP contribution in [-0.4, -0.2) is 0 Å². The fourth-order valence-corrected chi connectivity index (χ4v) is 3.93. The monoisotopic (exact) mass is 335 g/mol. The highest BCUT2D eigenvalue weighted by molar-refractivity contribution is 5.54. The Kier molecular flexibility index (Phi) is 7.29. The molecule has 1 atom stereocenters. The molecular weight excluding hydrogens is 300 g/mol. The topological polar surface area (TPSA) is 0 Å². The van der Waals surface area contributed by atoms with E-state index >= 15 is 0 Å². The second-order valence-electron chi connectivity index (χ2n) is 7.80. The van der Waals surface area contributed by atoms with Crippen molar-refractivity contribution in [3.8, 4) is 0 Å². The lowest BCUT2D eigenvalue weighted by Crippen LogP contribution is -2.15. The lowest BCUT2D eigenvalue weighted by Gasteiger charge is -2.28. The summed E-state index contributed by atoms with van der Waals surface area (Å²) in [6.07, 6.45) is 6.62. The zero-order valence-corrected chi connectivity index (χ0v) is 17.1. The predicted octanol–water partition coefficient (Wildman–Crippen LogP) is 7.50. The molecule has 135 valence electrons. The molecule has 2 rings (SSSR count). The molecule has 0 fully saturated rings. The second kappa shape index (κ2) is 9.22. The molecular formula is C25H35. The van der Waals surface area contributed by atoms with Gasteiger partial charge in [0.05, 0.1) is 0 Å². The third-order valence-electron chi connectivity index (χ3n) is 5.33. The highest BCUT2D eigenvalue weighted by atomic mass is 14.3. The van der Waals surface area contributed by atoms with Crippen molar-refractivity contribution in [3.63, 3.8) is 0 Å². The van der Waals surface area contributed by atoms with Crippen molar-refractivity contribution in [2.24, 2.45) is 5.92 Å². The molecule has 0 heterocycles. The Morgan fingerprint density at radius 1 is 0.760 bits per heavy atom. The van der Waals surface area contributed by atoms with E-state index in [1.54, 1.807) is 0 Å². The van der Waals surface area contributed by atoms with E-state index in [-0.39, 0.29) is 0 Å². The third-order valence-corrected chi connectivity index (χ3v) is 5.33. The molecule has 0 heteroatoms. The van der Waals surface area contributed by atoms with Gasteiger partial charge in [-0.15, -0.1) is 0 Å². The quantitative estimate of drug-likeness (QED) is 0.438. The van der Waals surface area contributed by atoms with Crippen LogP contribution < -0.4 is 0 Å². The molecule has 0 aromatic heterocycles. The van der Waals surface area contributed by atoms with Gasteiger partial charge in [0.1, 0.15) is 0 Å². The Labute approximate surface area is 155 Å². The maximum Gasteiger partial charge on any atom is 0.0373 e. The van der Waals surface area contributed by atoms with Gasteiger partial charge in [-0.05, 0) is 62.3 Å². The molecule has 0 amide bonds. The summed E-state index contributed by atoms with van der Waals surface area (Å²) in [7, 11) is 0. The van der Waals surface area contributed by atoms with E-state index in [1.807, 2.05) is 0 Å². The Morgan fingerprint density at radius 3 is 1.72 bits per heavy atom. The van der Waals surface area contributed by atoms with E-state index in [0.29, 0.717) is 5.92 Å². The van der Waals surface area contributed by atoms with Gasteiger partial charge in [-0.1, -0.05) is 87.1 Å². The summed E-state index contributed by atoms with van der Waals surface area (Å²) in [6.45, 7) is 13.6. The molecule has 25 heavy (non-hydrogen) atoms. The van der Waals surface area contributed by atoms with E-state index in [0.717, 1.165) is 0 Å². The van der Waals surface area contributed by atoms with Gasteiger partial charge < -0.3 is 0 Å². The maximum absolute atomic E-state index is 2.42. The summed E-state index contributed by atoms with van der Waals surface area (Å²) in [4.78, 5) is 0. The molecule has 1 radical (unpaired) electrons. The SMILES string of the molecule is CCCCCCC(C)[C](c1ccc(C)cc1C)c1ccc(C)cc1C. The van der Waals surface area contributed by atoms with Crippen molar-refractivity contribution in [1.82, 2.24) is 0 Å². The predicted molar refractivity (Wildman–Crippen MR) is 111 cm³/mol. The van der Waals surface area contributed by atoms with Crippen LogP contribution in [-0.2, 0) is 0 Å². The van der Waals surface area contributed by atoms with Crippen LogP contribution in [0.4, 0.5) is 0 Å². The molecule has 0 nitrogen and oxygen atoms in total. The van der Waals surface area contributed by atoms with Gasteiger partial charge in [-0.25, -0.2) is 0 Å². The first-order valence-electron chi connectivity index (χ1n) is 9.96. The van der Waals surface area contributed by atoms with Crippen LogP contribution in [0.15, 0.2) is 36.4 Å². The van der Waals surface area contributed by atoms with Crippen molar-refractivity contribution in [2.45, 2.75) is 73.6 Å². The van der Waals surface area contributed by atoms with Crippen LogP contribution in [0.1, 0.15) is 79.3 Å². The minimum absolute atomic E-state index is 0.583. The first-order chi connectivity index (χ1) is 11.9. The molecule has 0 aliphatic heterocycles. The molecule has 2 aromatic rings.